The number of rotatable bonds is 3. The molecule has 2 aromatic carbocycles. The van der Waals surface area contributed by atoms with Crippen LogP contribution in [0, 0.1) is 5.82 Å². The minimum Gasteiger partial charge on any atom is -0.388 e. The van der Waals surface area contributed by atoms with Gasteiger partial charge in [0.05, 0.1) is 5.71 Å². The maximum atomic E-state index is 12.9. The van der Waals surface area contributed by atoms with Crippen molar-refractivity contribution in [3.05, 3.63) is 66.0 Å². The van der Waals surface area contributed by atoms with E-state index in [1.165, 1.54) is 24.3 Å². The summed E-state index contributed by atoms with van der Waals surface area (Å²) in [4.78, 5) is 23.1. The second-order valence-corrected chi connectivity index (χ2v) is 6.79. The van der Waals surface area contributed by atoms with Crippen LogP contribution < -0.4 is 5.32 Å². The van der Waals surface area contributed by atoms with Gasteiger partial charge in [-0.1, -0.05) is 35.5 Å². The number of benzene rings is 2. The van der Waals surface area contributed by atoms with Crippen LogP contribution in [-0.2, 0) is 9.68 Å². The zero-order valence-electron chi connectivity index (χ0n) is 14.7. The fourth-order valence-corrected chi connectivity index (χ4v) is 3.35. The number of hydrogen-bond donors (Lipinski definition) is 1. The van der Waals surface area contributed by atoms with Crippen molar-refractivity contribution in [3.8, 4) is 0 Å². The van der Waals surface area contributed by atoms with Crippen molar-refractivity contribution in [2.24, 2.45) is 5.16 Å². The summed E-state index contributed by atoms with van der Waals surface area (Å²) in [6.45, 7) is 1.13. The van der Waals surface area contributed by atoms with Gasteiger partial charge in [-0.3, -0.25) is 5.32 Å². The molecule has 2 aliphatic heterocycles. The molecular weight excluding hydrogens is 349 g/mol. The van der Waals surface area contributed by atoms with Gasteiger partial charge in [0.15, 0.2) is 0 Å². The molecule has 6 nitrogen and oxygen atoms in total. The zero-order valence-corrected chi connectivity index (χ0v) is 14.7. The second kappa shape index (κ2) is 7.36. The Labute approximate surface area is 156 Å². The predicted octanol–water partition coefficient (Wildman–Crippen LogP) is 3.95. The molecule has 1 fully saturated rings. The molecule has 2 heterocycles. The first kappa shape index (κ1) is 17.5. The highest BCUT2D eigenvalue weighted by atomic mass is 19.1. The first-order valence-electron chi connectivity index (χ1n) is 8.92. The van der Waals surface area contributed by atoms with Crippen molar-refractivity contribution < 1.29 is 18.9 Å². The summed E-state index contributed by atoms with van der Waals surface area (Å²) in [5, 5.41) is 8.48. The van der Waals surface area contributed by atoms with Crippen molar-refractivity contribution in [2.45, 2.75) is 24.9 Å². The lowest BCUT2D eigenvalue weighted by Crippen LogP contribution is -2.45. The number of nitrogens with zero attached hydrogens (tertiary/aromatic N) is 2. The average Bonchev–Trinajstić information content (AvgIpc) is 3.10. The summed E-state index contributed by atoms with van der Waals surface area (Å²) in [6, 6.07) is 15.5. The van der Waals surface area contributed by atoms with E-state index >= 15 is 0 Å². The van der Waals surface area contributed by atoms with Crippen LogP contribution in [0.4, 0.5) is 14.9 Å². The van der Waals surface area contributed by atoms with E-state index in [1.54, 1.807) is 5.06 Å². The quantitative estimate of drug-likeness (QED) is 0.890. The summed E-state index contributed by atoms with van der Waals surface area (Å²) >= 11 is 0. The molecule has 140 valence electrons. The third-order valence-electron chi connectivity index (χ3n) is 4.88. The van der Waals surface area contributed by atoms with Gasteiger partial charge in [-0.2, -0.15) is 0 Å². The monoisotopic (exact) mass is 369 g/mol. The Morgan fingerprint density at radius 3 is 2.52 bits per heavy atom. The minimum absolute atomic E-state index is 0.321. The Bertz CT molecular complexity index is 831. The van der Waals surface area contributed by atoms with Crippen LogP contribution in [0.2, 0.25) is 0 Å². The number of oxime groups is 1. The molecule has 0 radical (unpaired) electrons. The van der Waals surface area contributed by atoms with Crippen LogP contribution in [0.3, 0.4) is 0 Å². The maximum absolute atomic E-state index is 12.9. The van der Waals surface area contributed by atoms with E-state index in [0.717, 1.165) is 30.5 Å². The smallest absolute Gasteiger partial charge is 0.388 e. The van der Waals surface area contributed by atoms with E-state index in [9.17, 15) is 9.18 Å². The molecule has 1 amide bonds. The van der Waals surface area contributed by atoms with Crippen molar-refractivity contribution in [1.29, 1.82) is 0 Å². The van der Waals surface area contributed by atoms with Gasteiger partial charge in [-0.05, 0) is 29.8 Å². The van der Waals surface area contributed by atoms with E-state index in [-0.39, 0.29) is 11.4 Å². The van der Waals surface area contributed by atoms with E-state index < -0.39 is 6.09 Å². The molecule has 7 heteroatoms. The summed E-state index contributed by atoms with van der Waals surface area (Å²) in [7, 11) is 0. The number of hydrogen-bond acceptors (Lipinski definition) is 5. The number of carbonyl (C=O) groups excluding carboxylic acids is 1. The molecule has 0 unspecified atom stereocenters. The third-order valence-corrected chi connectivity index (χ3v) is 4.88. The molecule has 0 bridgehead atoms. The number of carbonyl (C=O) groups is 1. The summed E-state index contributed by atoms with van der Waals surface area (Å²) in [6.07, 6.45) is 1.60. The van der Waals surface area contributed by atoms with Crippen LogP contribution in [-0.4, -0.2) is 35.6 Å². The molecule has 0 aliphatic carbocycles. The SMILES string of the molecule is O=C(Nc1ccc(F)cc1)ON1CCC2(CC1)CC(c1ccccc1)=NO2. The molecular formula is C20H20FN3O3. The lowest BCUT2D eigenvalue weighted by molar-refractivity contribution is -0.154. The summed E-state index contributed by atoms with van der Waals surface area (Å²) in [5.74, 6) is -0.357. The lowest BCUT2D eigenvalue weighted by Gasteiger charge is -2.35. The number of piperidine rings is 1. The van der Waals surface area contributed by atoms with Crippen molar-refractivity contribution in [2.75, 3.05) is 18.4 Å². The standard InChI is InChI=1S/C20H20FN3O3/c21-16-6-8-17(9-7-16)22-19(25)26-24-12-10-20(11-13-24)14-18(23-27-20)15-4-2-1-3-5-15/h1-9H,10-14H2,(H,22,25). The molecule has 4 rings (SSSR count). The lowest BCUT2D eigenvalue weighted by atomic mass is 9.86. The van der Waals surface area contributed by atoms with Gasteiger partial charge >= 0.3 is 6.09 Å². The van der Waals surface area contributed by atoms with Gasteiger partial charge in [-0.15, -0.1) is 5.06 Å². The minimum atomic E-state index is -0.592. The van der Waals surface area contributed by atoms with E-state index in [2.05, 4.69) is 10.5 Å². The van der Waals surface area contributed by atoms with E-state index in [4.69, 9.17) is 9.68 Å². The maximum Gasteiger partial charge on any atom is 0.430 e. The third kappa shape index (κ3) is 4.09. The fourth-order valence-electron chi connectivity index (χ4n) is 3.35. The fraction of sp³-hybridized carbons (Fsp3) is 0.300. The molecule has 1 spiro atoms. The van der Waals surface area contributed by atoms with Gasteiger partial charge in [0.25, 0.3) is 0 Å². The predicted molar refractivity (Wildman–Crippen MR) is 98.7 cm³/mol. The second-order valence-electron chi connectivity index (χ2n) is 6.79. The number of anilines is 1. The number of halogens is 1. The first-order chi connectivity index (χ1) is 13.1. The Kier molecular flexibility index (Phi) is 4.77. The molecule has 2 aromatic rings. The van der Waals surface area contributed by atoms with Crippen LogP contribution in [0.1, 0.15) is 24.8 Å². The highest BCUT2D eigenvalue weighted by Crippen LogP contribution is 2.36. The summed E-state index contributed by atoms with van der Waals surface area (Å²) in [5.41, 5.74) is 2.19. The highest BCUT2D eigenvalue weighted by Gasteiger charge is 2.43. The highest BCUT2D eigenvalue weighted by molar-refractivity contribution is 6.01. The van der Waals surface area contributed by atoms with E-state index in [1.807, 2.05) is 30.3 Å². The van der Waals surface area contributed by atoms with Gasteiger partial charge in [0.1, 0.15) is 11.4 Å². The Balaban J connectivity index is 1.27. The number of amides is 1. The van der Waals surface area contributed by atoms with Crippen molar-refractivity contribution >= 4 is 17.5 Å². The van der Waals surface area contributed by atoms with Crippen molar-refractivity contribution in [3.63, 3.8) is 0 Å². The van der Waals surface area contributed by atoms with Gasteiger partial charge in [0.2, 0.25) is 0 Å². The number of nitrogens with one attached hydrogen (secondary N) is 1. The molecule has 0 saturated carbocycles. The zero-order chi connectivity index (χ0) is 18.7. The number of hydroxylamine groups is 2. The van der Waals surface area contributed by atoms with E-state index in [0.29, 0.717) is 18.8 Å². The van der Waals surface area contributed by atoms with Crippen molar-refractivity contribution in [1.82, 2.24) is 5.06 Å². The van der Waals surface area contributed by atoms with Gasteiger partial charge < -0.3 is 9.68 Å². The summed E-state index contributed by atoms with van der Waals surface area (Å²) < 4.78 is 12.9. The van der Waals surface area contributed by atoms with Crippen LogP contribution in [0.25, 0.3) is 0 Å². The van der Waals surface area contributed by atoms with Crippen LogP contribution in [0.5, 0.6) is 0 Å². The van der Waals surface area contributed by atoms with Crippen LogP contribution >= 0.6 is 0 Å². The van der Waals surface area contributed by atoms with Gasteiger partial charge in [0, 0.05) is 38.0 Å². The normalized spacial score (nSPS) is 18.6. The topological polar surface area (TPSA) is 63.2 Å². The Morgan fingerprint density at radius 1 is 1.11 bits per heavy atom. The molecule has 0 atom stereocenters. The Hall–Kier alpha value is -2.93. The van der Waals surface area contributed by atoms with Gasteiger partial charge in [-0.25, -0.2) is 9.18 Å². The molecule has 2 aliphatic rings. The first-order valence-corrected chi connectivity index (χ1v) is 8.92. The molecule has 1 N–H and O–H groups in total. The largest absolute Gasteiger partial charge is 0.430 e. The molecule has 1 saturated heterocycles. The average molecular weight is 369 g/mol. The Morgan fingerprint density at radius 2 is 1.81 bits per heavy atom. The molecule has 27 heavy (non-hydrogen) atoms. The molecule has 0 aromatic heterocycles. The van der Waals surface area contributed by atoms with Crippen LogP contribution in [0.15, 0.2) is 59.8 Å².